The molecule has 0 aliphatic carbocycles. The van der Waals surface area contributed by atoms with Gasteiger partial charge in [-0.2, -0.15) is 0 Å². The summed E-state index contributed by atoms with van der Waals surface area (Å²) in [6, 6.07) is 67.3. The molecular weight excluding hydrogens is 531 g/mol. The predicted molar refractivity (Wildman–Crippen MR) is 184 cm³/mol. The van der Waals surface area contributed by atoms with Crippen molar-refractivity contribution in [2.45, 2.75) is 33.6 Å². The molecule has 43 heavy (non-hydrogen) atoms. The summed E-state index contributed by atoms with van der Waals surface area (Å²) in [6.07, 6.45) is 0. The monoisotopic (exact) mass is 570 g/mol. The van der Waals surface area contributed by atoms with E-state index in [0.717, 1.165) is 0 Å². The number of benzene rings is 6. The highest BCUT2D eigenvalue weighted by Crippen LogP contribution is 2.40. The normalized spacial score (nSPS) is 11.2. The summed E-state index contributed by atoms with van der Waals surface area (Å²) in [5.41, 5.74) is 8.57. The van der Waals surface area contributed by atoms with Gasteiger partial charge in [-0.15, -0.1) is 0 Å². The van der Waals surface area contributed by atoms with Gasteiger partial charge < -0.3 is 0 Å². The van der Waals surface area contributed by atoms with E-state index in [1.54, 1.807) is 0 Å². The highest BCUT2D eigenvalue weighted by molar-refractivity contribution is 6.59. The van der Waals surface area contributed by atoms with Crippen LogP contribution in [0, 0.1) is 0 Å². The molecule has 0 fully saturated rings. The average molecular weight is 571 g/mol. The second-order valence-corrected chi connectivity index (χ2v) is 14.8. The molecule has 0 heterocycles. The second kappa shape index (κ2) is 14.8. The molecule has 0 aliphatic heterocycles. The first-order chi connectivity index (χ1) is 21.3. The van der Waals surface area contributed by atoms with Gasteiger partial charge in [0.15, 0.2) is 0 Å². The van der Waals surface area contributed by atoms with Gasteiger partial charge in [0.05, 0.1) is 0 Å². The third kappa shape index (κ3) is 7.63. The molecule has 210 valence electrons. The largest absolute Gasteiger partial charge is 0.265 e. The van der Waals surface area contributed by atoms with E-state index in [-0.39, 0.29) is 0 Å². The molecule has 0 amide bonds. The lowest BCUT2D eigenvalue weighted by atomic mass is 9.92. The fourth-order valence-corrected chi connectivity index (χ4v) is 11.0. The minimum absolute atomic E-state index is 0.387. The lowest BCUT2D eigenvalue weighted by molar-refractivity contribution is 0.826. The molecule has 0 N–H and O–H groups in total. The van der Waals surface area contributed by atoms with Crippen molar-refractivity contribution in [1.82, 2.24) is 0 Å². The topological polar surface area (TPSA) is 0 Å². The summed E-state index contributed by atoms with van der Waals surface area (Å²) < 4.78 is 0. The smallest absolute Gasteiger partial charge is 0.0830 e. The van der Waals surface area contributed by atoms with Crippen LogP contribution in [0.1, 0.15) is 51.1 Å². The Morgan fingerprint density at radius 3 is 0.581 bits per heavy atom. The lowest BCUT2D eigenvalue weighted by Gasteiger charge is -2.29. The molecule has 0 aliphatic rings. The van der Waals surface area contributed by atoms with Crippen LogP contribution in [0.2, 0.25) is 15.8 Å². The molecule has 6 aromatic rings. The Morgan fingerprint density at radius 2 is 0.419 bits per heavy atom. The Labute approximate surface area is 262 Å². The van der Waals surface area contributed by atoms with Crippen LogP contribution in [0.25, 0.3) is 0 Å². The molecular formula is C42H39Al. The zero-order chi connectivity index (χ0) is 29.1. The molecule has 0 nitrogen and oxygen atoms in total. The minimum atomic E-state index is -1.43. The predicted octanol–water partition coefficient (Wildman–Crippen LogP) is 11.0. The van der Waals surface area contributed by atoms with E-state index in [1.807, 2.05) is 0 Å². The van der Waals surface area contributed by atoms with Crippen LogP contribution < -0.4 is 0 Å². The second-order valence-electron chi connectivity index (χ2n) is 11.7. The zero-order valence-corrected chi connectivity index (χ0v) is 25.9. The van der Waals surface area contributed by atoms with E-state index >= 15 is 0 Å². The molecule has 0 atom stereocenters. The van der Waals surface area contributed by atoms with Gasteiger partial charge in [-0.05, 0) is 51.1 Å². The van der Waals surface area contributed by atoms with Gasteiger partial charge in [-0.1, -0.05) is 198 Å². The molecule has 0 bridgehead atoms. The zero-order valence-electron chi connectivity index (χ0n) is 24.8. The quantitative estimate of drug-likeness (QED) is 0.128. The Balaban J connectivity index is 1.43. The van der Waals surface area contributed by atoms with Crippen molar-refractivity contribution < 1.29 is 0 Å². The minimum Gasteiger partial charge on any atom is -0.0830 e. The molecule has 0 spiro atoms. The molecule has 0 saturated carbocycles. The fourth-order valence-electron chi connectivity index (χ4n) is 6.79. The highest BCUT2D eigenvalue weighted by Gasteiger charge is 2.32. The van der Waals surface area contributed by atoms with Crippen LogP contribution in [0.3, 0.4) is 0 Å². The van der Waals surface area contributed by atoms with E-state index in [2.05, 4.69) is 182 Å². The maximum atomic E-state index is 2.33. The maximum absolute atomic E-state index is 2.33. The summed E-state index contributed by atoms with van der Waals surface area (Å²) in [6.45, 7) is 0. The van der Waals surface area contributed by atoms with Crippen molar-refractivity contribution in [2.75, 3.05) is 0 Å². The fraction of sp³-hybridized carbons (Fsp3) is 0.143. The van der Waals surface area contributed by atoms with Crippen molar-refractivity contribution in [2.24, 2.45) is 0 Å². The van der Waals surface area contributed by atoms with Crippen LogP contribution >= 0.6 is 0 Å². The maximum Gasteiger partial charge on any atom is 0.265 e. The number of hydrogen-bond donors (Lipinski definition) is 0. The van der Waals surface area contributed by atoms with Gasteiger partial charge in [0.2, 0.25) is 0 Å². The summed E-state index contributed by atoms with van der Waals surface area (Å²) in [5.74, 6) is 1.16. The van der Waals surface area contributed by atoms with Crippen LogP contribution in [-0.2, 0) is 0 Å². The molecule has 0 radical (unpaired) electrons. The van der Waals surface area contributed by atoms with Gasteiger partial charge in [0.1, 0.15) is 0 Å². The van der Waals surface area contributed by atoms with Crippen LogP contribution in [0.5, 0.6) is 0 Å². The van der Waals surface area contributed by atoms with Gasteiger partial charge in [-0.25, -0.2) is 0 Å². The van der Waals surface area contributed by atoms with Crippen molar-refractivity contribution in [3.05, 3.63) is 215 Å². The van der Waals surface area contributed by atoms with E-state index in [1.165, 1.54) is 49.2 Å². The first-order valence-electron chi connectivity index (χ1n) is 15.6. The van der Waals surface area contributed by atoms with Gasteiger partial charge in [0, 0.05) is 0 Å². The van der Waals surface area contributed by atoms with E-state index in [9.17, 15) is 0 Å². The highest BCUT2D eigenvalue weighted by atomic mass is 27.2. The molecule has 6 rings (SSSR count). The summed E-state index contributed by atoms with van der Waals surface area (Å²) in [7, 11) is 0. The Bertz CT molecular complexity index is 1300. The van der Waals surface area contributed by atoms with Crippen molar-refractivity contribution >= 4 is 14.1 Å². The Hall–Kier alpha value is -4.15. The average Bonchev–Trinajstić information content (AvgIpc) is 3.10. The van der Waals surface area contributed by atoms with E-state index < -0.39 is 14.1 Å². The Kier molecular flexibility index (Phi) is 9.99. The van der Waals surface area contributed by atoms with E-state index in [4.69, 9.17) is 0 Å². The third-order valence-electron chi connectivity index (χ3n) is 8.92. The number of hydrogen-bond acceptors (Lipinski definition) is 0. The first kappa shape index (κ1) is 28.9. The summed E-state index contributed by atoms with van der Waals surface area (Å²) >= 11 is -1.43. The standard InChI is InChI=1S/3C14H13.Al/c3*1-12(13-8-4-2-5-9-13)14-10-6-3-7-11-14;/h3*2-12H,1H2;. The van der Waals surface area contributed by atoms with Crippen LogP contribution in [0.4, 0.5) is 0 Å². The molecule has 6 aromatic carbocycles. The molecule has 0 aromatic heterocycles. The summed E-state index contributed by atoms with van der Waals surface area (Å²) in [4.78, 5) is 0. The van der Waals surface area contributed by atoms with Gasteiger partial charge in [0.25, 0.3) is 14.1 Å². The molecule has 1 heteroatoms. The van der Waals surface area contributed by atoms with Crippen LogP contribution in [-0.4, -0.2) is 14.1 Å². The van der Waals surface area contributed by atoms with Crippen molar-refractivity contribution in [1.29, 1.82) is 0 Å². The third-order valence-corrected chi connectivity index (χ3v) is 12.3. The van der Waals surface area contributed by atoms with Gasteiger partial charge >= 0.3 is 0 Å². The van der Waals surface area contributed by atoms with Crippen molar-refractivity contribution in [3.8, 4) is 0 Å². The molecule has 0 saturated heterocycles. The Morgan fingerprint density at radius 1 is 0.256 bits per heavy atom. The SMILES string of the molecule is c1ccc(C([CH2][Al]([CH2]C(c2ccccc2)c2ccccc2)[CH2]C(c2ccccc2)c2ccccc2)c2ccccc2)cc1. The van der Waals surface area contributed by atoms with Crippen LogP contribution in [0.15, 0.2) is 182 Å². The molecule has 0 unspecified atom stereocenters. The lowest BCUT2D eigenvalue weighted by Crippen LogP contribution is -2.24. The summed E-state index contributed by atoms with van der Waals surface area (Å²) in [5, 5.41) is 3.67. The van der Waals surface area contributed by atoms with Crippen molar-refractivity contribution in [3.63, 3.8) is 0 Å². The number of rotatable bonds is 12. The van der Waals surface area contributed by atoms with E-state index in [0.29, 0.717) is 17.8 Å². The van der Waals surface area contributed by atoms with Gasteiger partial charge in [-0.3, -0.25) is 0 Å². The first-order valence-corrected chi connectivity index (χ1v) is 18.1.